The van der Waals surface area contributed by atoms with Gasteiger partial charge >= 0.3 is 0 Å². The fourth-order valence-electron chi connectivity index (χ4n) is 2.49. The zero-order valence-electron chi connectivity index (χ0n) is 10.9. The maximum atomic E-state index is 11.9. The minimum atomic E-state index is 0.0505. The Morgan fingerprint density at radius 3 is 3.32 bits per heavy atom. The first kappa shape index (κ1) is 13.0. The van der Waals surface area contributed by atoms with Crippen LogP contribution in [0.2, 0.25) is 0 Å². The fourth-order valence-corrected chi connectivity index (χ4v) is 3.57. The number of thiazole rings is 1. The molecule has 2 aliphatic heterocycles. The van der Waals surface area contributed by atoms with Crippen molar-refractivity contribution in [3.05, 3.63) is 15.6 Å². The summed E-state index contributed by atoms with van der Waals surface area (Å²) in [6.07, 6.45) is 3.73. The predicted molar refractivity (Wildman–Crippen MR) is 73.2 cm³/mol. The van der Waals surface area contributed by atoms with Crippen LogP contribution in [0.15, 0.2) is 0 Å². The summed E-state index contributed by atoms with van der Waals surface area (Å²) in [4.78, 5) is 17.7. The predicted octanol–water partition coefficient (Wildman–Crippen LogP) is 0.626. The SMILES string of the molecule is O=C(Cc1nc2c(s1)CNCC2)NCC1CCCO1. The van der Waals surface area contributed by atoms with E-state index in [4.69, 9.17) is 4.74 Å². The van der Waals surface area contributed by atoms with E-state index in [2.05, 4.69) is 15.6 Å². The van der Waals surface area contributed by atoms with Crippen LogP contribution in [0, 0.1) is 0 Å². The number of fused-ring (bicyclic) bond motifs is 1. The molecule has 1 fully saturated rings. The lowest BCUT2D eigenvalue weighted by molar-refractivity contribution is -0.120. The van der Waals surface area contributed by atoms with Gasteiger partial charge in [0.15, 0.2) is 0 Å². The summed E-state index contributed by atoms with van der Waals surface area (Å²) < 4.78 is 5.48. The van der Waals surface area contributed by atoms with E-state index in [1.807, 2.05) is 0 Å². The second-order valence-corrected chi connectivity index (χ2v) is 6.19. The van der Waals surface area contributed by atoms with Crippen LogP contribution in [-0.2, 0) is 28.9 Å². The lowest BCUT2D eigenvalue weighted by Crippen LogP contribution is -2.32. The average Bonchev–Trinajstić information content (AvgIpc) is 3.04. The van der Waals surface area contributed by atoms with Gasteiger partial charge in [0.1, 0.15) is 5.01 Å². The number of hydrogen-bond donors (Lipinski definition) is 2. The third kappa shape index (κ3) is 3.32. The summed E-state index contributed by atoms with van der Waals surface area (Å²) >= 11 is 1.66. The molecule has 1 saturated heterocycles. The van der Waals surface area contributed by atoms with Crippen molar-refractivity contribution >= 4 is 17.2 Å². The van der Waals surface area contributed by atoms with E-state index in [1.54, 1.807) is 11.3 Å². The van der Waals surface area contributed by atoms with Gasteiger partial charge in [-0.15, -0.1) is 11.3 Å². The Labute approximate surface area is 116 Å². The Balaban J connectivity index is 1.49. The molecule has 6 heteroatoms. The molecule has 1 amide bonds. The lowest BCUT2D eigenvalue weighted by atomic mass is 10.2. The lowest BCUT2D eigenvalue weighted by Gasteiger charge is -2.09. The molecule has 0 saturated carbocycles. The van der Waals surface area contributed by atoms with Crippen LogP contribution in [0.1, 0.15) is 28.4 Å². The van der Waals surface area contributed by atoms with Crippen LogP contribution in [0.3, 0.4) is 0 Å². The zero-order chi connectivity index (χ0) is 13.1. The highest BCUT2D eigenvalue weighted by Gasteiger charge is 2.18. The number of amides is 1. The van der Waals surface area contributed by atoms with Gasteiger partial charge in [0.05, 0.1) is 18.2 Å². The van der Waals surface area contributed by atoms with Gasteiger partial charge in [-0.1, -0.05) is 0 Å². The summed E-state index contributed by atoms with van der Waals surface area (Å²) in [6, 6.07) is 0. The third-order valence-corrected chi connectivity index (χ3v) is 4.61. The van der Waals surface area contributed by atoms with E-state index in [-0.39, 0.29) is 12.0 Å². The van der Waals surface area contributed by atoms with Gasteiger partial charge in [-0.2, -0.15) is 0 Å². The van der Waals surface area contributed by atoms with Crippen molar-refractivity contribution in [3.8, 4) is 0 Å². The van der Waals surface area contributed by atoms with E-state index in [1.165, 1.54) is 10.6 Å². The smallest absolute Gasteiger partial charge is 0.226 e. The summed E-state index contributed by atoms with van der Waals surface area (Å²) in [7, 11) is 0. The summed E-state index contributed by atoms with van der Waals surface area (Å²) in [6.45, 7) is 3.34. The summed E-state index contributed by atoms with van der Waals surface area (Å²) in [5.41, 5.74) is 1.17. The number of aromatic nitrogens is 1. The van der Waals surface area contributed by atoms with Crippen molar-refractivity contribution in [1.82, 2.24) is 15.6 Å². The highest BCUT2D eigenvalue weighted by atomic mass is 32.1. The van der Waals surface area contributed by atoms with Crippen molar-refractivity contribution in [2.45, 2.75) is 38.3 Å². The van der Waals surface area contributed by atoms with Crippen LogP contribution in [0.25, 0.3) is 0 Å². The Morgan fingerprint density at radius 2 is 2.53 bits per heavy atom. The van der Waals surface area contributed by atoms with Gasteiger partial charge in [0, 0.05) is 37.5 Å². The number of carbonyl (C=O) groups excluding carboxylic acids is 1. The van der Waals surface area contributed by atoms with Crippen molar-refractivity contribution < 1.29 is 9.53 Å². The zero-order valence-corrected chi connectivity index (χ0v) is 11.7. The monoisotopic (exact) mass is 281 g/mol. The number of nitrogens with zero attached hydrogens (tertiary/aromatic N) is 1. The highest BCUT2D eigenvalue weighted by Crippen LogP contribution is 2.21. The summed E-state index contributed by atoms with van der Waals surface area (Å²) in [5, 5.41) is 7.19. The highest BCUT2D eigenvalue weighted by molar-refractivity contribution is 7.11. The molecule has 2 N–H and O–H groups in total. The minimum Gasteiger partial charge on any atom is -0.376 e. The standard InChI is InChI=1S/C13H19N3O2S/c17-12(15-7-9-2-1-5-18-9)6-13-16-10-3-4-14-8-11(10)19-13/h9,14H,1-8H2,(H,15,17). The molecular weight excluding hydrogens is 262 g/mol. The maximum absolute atomic E-state index is 11.9. The molecule has 0 spiro atoms. The number of ether oxygens (including phenoxy) is 1. The van der Waals surface area contributed by atoms with Crippen molar-refractivity contribution in [1.29, 1.82) is 0 Å². The van der Waals surface area contributed by atoms with Crippen molar-refractivity contribution in [2.75, 3.05) is 19.7 Å². The number of hydrogen-bond acceptors (Lipinski definition) is 5. The van der Waals surface area contributed by atoms with Gasteiger partial charge in [0.2, 0.25) is 5.91 Å². The van der Waals surface area contributed by atoms with Crippen molar-refractivity contribution in [2.24, 2.45) is 0 Å². The average molecular weight is 281 g/mol. The van der Waals surface area contributed by atoms with E-state index in [9.17, 15) is 4.79 Å². The van der Waals surface area contributed by atoms with E-state index >= 15 is 0 Å². The first-order chi connectivity index (χ1) is 9.31. The maximum Gasteiger partial charge on any atom is 0.226 e. The Morgan fingerprint density at radius 1 is 1.58 bits per heavy atom. The molecule has 1 aromatic heterocycles. The quantitative estimate of drug-likeness (QED) is 0.849. The van der Waals surface area contributed by atoms with Gasteiger partial charge in [-0.25, -0.2) is 4.98 Å². The molecule has 3 heterocycles. The Hall–Kier alpha value is -0.980. The first-order valence-corrected chi connectivity index (χ1v) is 7.69. The van der Waals surface area contributed by atoms with E-state index < -0.39 is 0 Å². The number of nitrogens with one attached hydrogen (secondary N) is 2. The molecule has 1 unspecified atom stereocenters. The molecule has 2 aliphatic rings. The molecule has 0 radical (unpaired) electrons. The first-order valence-electron chi connectivity index (χ1n) is 6.88. The third-order valence-electron chi connectivity index (χ3n) is 3.51. The normalized spacial score (nSPS) is 22.2. The van der Waals surface area contributed by atoms with E-state index in [0.717, 1.165) is 44.0 Å². The number of rotatable bonds is 4. The van der Waals surface area contributed by atoms with Crippen LogP contribution < -0.4 is 10.6 Å². The van der Waals surface area contributed by atoms with Gasteiger partial charge in [-0.3, -0.25) is 4.79 Å². The Kier molecular flexibility index (Phi) is 4.10. The van der Waals surface area contributed by atoms with Crippen LogP contribution in [0.4, 0.5) is 0 Å². The molecule has 19 heavy (non-hydrogen) atoms. The molecular formula is C13H19N3O2S. The molecule has 0 aromatic carbocycles. The molecule has 104 valence electrons. The van der Waals surface area contributed by atoms with Crippen LogP contribution >= 0.6 is 11.3 Å². The van der Waals surface area contributed by atoms with Crippen molar-refractivity contribution in [3.63, 3.8) is 0 Å². The molecule has 5 nitrogen and oxygen atoms in total. The molecule has 0 bridgehead atoms. The Bertz CT molecular complexity index is 431. The second-order valence-electron chi connectivity index (χ2n) is 5.02. The van der Waals surface area contributed by atoms with Gasteiger partial charge in [-0.05, 0) is 12.8 Å². The molecule has 0 aliphatic carbocycles. The second kappa shape index (κ2) is 5.98. The van der Waals surface area contributed by atoms with Crippen LogP contribution in [0.5, 0.6) is 0 Å². The minimum absolute atomic E-state index is 0.0505. The summed E-state index contributed by atoms with van der Waals surface area (Å²) in [5.74, 6) is 0.0505. The van der Waals surface area contributed by atoms with Gasteiger partial charge in [0.25, 0.3) is 0 Å². The van der Waals surface area contributed by atoms with E-state index in [0.29, 0.717) is 13.0 Å². The largest absolute Gasteiger partial charge is 0.376 e. The molecule has 1 atom stereocenters. The van der Waals surface area contributed by atoms with Gasteiger partial charge < -0.3 is 15.4 Å². The topological polar surface area (TPSA) is 63.2 Å². The fraction of sp³-hybridized carbons (Fsp3) is 0.692. The molecule has 3 rings (SSSR count). The van der Waals surface area contributed by atoms with Crippen LogP contribution in [-0.4, -0.2) is 36.7 Å². The molecule has 1 aromatic rings. The number of carbonyl (C=O) groups is 1.